The zero-order valence-electron chi connectivity index (χ0n) is 8.16. The van der Waals surface area contributed by atoms with Crippen molar-refractivity contribution in [3.8, 4) is 0 Å². The van der Waals surface area contributed by atoms with Gasteiger partial charge in [0.2, 0.25) is 0 Å². The summed E-state index contributed by atoms with van der Waals surface area (Å²) in [7, 11) is 0. The average molecular weight is 226 g/mol. The van der Waals surface area contributed by atoms with Gasteiger partial charge in [-0.1, -0.05) is 11.6 Å². The zero-order chi connectivity index (χ0) is 10.8. The van der Waals surface area contributed by atoms with Crippen LogP contribution in [0.2, 0.25) is 5.15 Å². The lowest BCUT2D eigenvalue weighted by Gasteiger charge is -2.04. The standard InChI is InChI=1S/C10H12ClN3O/c11-8-3-7(4-9(12)14-8)10(15)13-5-6-1-2-6/h3-4,6H,1-2,5H2,(H2,12,14)(H,13,15). The van der Waals surface area contributed by atoms with E-state index in [1.54, 1.807) is 0 Å². The quantitative estimate of drug-likeness (QED) is 0.766. The molecular formula is C10H12ClN3O. The highest BCUT2D eigenvalue weighted by Crippen LogP contribution is 2.27. The maximum atomic E-state index is 11.6. The molecule has 15 heavy (non-hydrogen) atoms. The fourth-order valence-electron chi connectivity index (χ4n) is 1.31. The number of amides is 1. The molecule has 3 N–H and O–H groups in total. The number of nitrogens with zero attached hydrogens (tertiary/aromatic N) is 1. The monoisotopic (exact) mass is 225 g/mol. The van der Waals surface area contributed by atoms with Crippen molar-refractivity contribution < 1.29 is 4.79 Å². The van der Waals surface area contributed by atoms with Gasteiger partial charge in [0.05, 0.1) is 0 Å². The molecule has 0 unspecified atom stereocenters. The lowest BCUT2D eigenvalue weighted by Crippen LogP contribution is -2.25. The van der Waals surface area contributed by atoms with E-state index >= 15 is 0 Å². The second-order valence-electron chi connectivity index (χ2n) is 3.76. The minimum absolute atomic E-state index is 0.141. The predicted octanol–water partition coefficient (Wildman–Crippen LogP) is 1.46. The van der Waals surface area contributed by atoms with E-state index in [4.69, 9.17) is 17.3 Å². The van der Waals surface area contributed by atoms with Gasteiger partial charge in [-0.2, -0.15) is 0 Å². The minimum atomic E-state index is -0.141. The fourth-order valence-corrected chi connectivity index (χ4v) is 1.52. The van der Waals surface area contributed by atoms with Crippen molar-refractivity contribution in [1.29, 1.82) is 0 Å². The molecule has 1 aromatic rings. The summed E-state index contributed by atoms with van der Waals surface area (Å²) < 4.78 is 0. The van der Waals surface area contributed by atoms with Crippen molar-refractivity contribution >= 4 is 23.3 Å². The van der Waals surface area contributed by atoms with E-state index in [-0.39, 0.29) is 16.9 Å². The van der Waals surface area contributed by atoms with E-state index < -0.39 is 0 Å². The molecule has 4 nitrogen and oxygen atoms in total. The van der Waals surface area contributed by atoms with Gasteiger partial charge in [-0.15, -0.1) is 0 Å². The zero-order valence-corrected chi connectivity index (χ0v) is 8.92. The normalized spacial score (nSPS) is 15.0. The van der Waals surface area contributed by atoms with Crippen LogP contribution in [0.1, 0.15) is 23.2 Å². The molecule has 1 aliphatic rings. The summed E-state index contributed by atoms with van der Waals surface area (Å²) in [6, 6.07) is 3.04. The minimum Gasteiger partial charge on any atom is -0.384 e. The third kappa shape index (κ3) is 2.83. The molecule has 1 saturated carbocycles. The van der Waals surface area contributed by atoms with Crippen LogP contribution in [-0.2, 0) is 0 Å². The number of carbonyl (C=O) groups is 1. The van der Waals surface area contributed by atoms with Crippen LogP contribution in [0.5, 0.6) is 0 Å². The Labute approximate surface area is 92.8 Å². The Morgan fingerprint density at radius 2 is 2.33 bits per heavy atom. The van der Waals surface area contributed by atoms with Crippen molar-refractivity contribution in [2.45, 2.75) is 12.8 Å². The van der Waals surface area contributed by atoms with Crippen molar-refractivity contribution in [3.05, 3.63) is 22.8 Å². The second kappa shape index (κ2) is 4.06. The first kappa shape index (κ1) is 10.2. The predicted molar refractivity (Wildman–Crippen MR) is 58.7 cm³/mol. The molecule has 1 aliphatic carbocycles. The van der Waals surface area contributed by atoms with Gasteiger partial charge >= 0.3 is 0 Å². The highest BCUT2D eigenvalue weighted by atomic mass is 35.5. The third-order valence-electron chi connectivity index (χ3n) is 2.32. The van der Waals surface area contributed by atoms with Crippen LogP contribution in [0.15, 0.2) is 12.1 Å². The molecule has 1 aromatic heterocycles. The smallest absolute Gasteiger partial charge is 0.251 e. The van der Waals surface area contributed by atoms with Gasteiger partial charge < -0.3 is 11.1 Å². The Bertz CT molecular complexity index is 370. The molecule has 0 saturated heterocycles. The number of nitrogen functional groups attached to an aromatic ring is 1. The van der Waals surface area contributed by atoms with Crippen molar-refractivity contribution in [2.24, 2.45) is 5.92 Å². The summed E-state index contributed by atoms with van der Waals surface area (Å²) in [5.74, 6) is 0.778. The summed E-state index contributed by atoms with van der Waals surface area (Å²) in [5.41, 5.74) is 5.96. The number of aromatic nitrogens is 1. The van der Waals surface area contributed by atoms with Crippen LogP contribution < -0.4 is 11.1 Å². The van der Waals surface area contributed by atoms with Gasteiger partial charge in [-0.25, -0.2) is 4.98 Å². The van der Waals surface area contributed by atoms with Crippen LogP contribution in [0.4, 0.5) is 5.82 Å². The molecule has 2 rings (SSSR count). The molecule has 0 aromatic carbocycles. The van der Waals surface area contributed by atoms with Crippen LogP contribution in [0, 0.1) is 5.92 Å². The highest BCUT2D eigenvalue weighted by molar-refractivity contribution is 6.29. The average Bonchev–Trinajstić information content (AvgIpc) is 2.96. The highest BCUT2D eigenvalue weighted by Gasteiger charge is 2.21. The number of pyridine rings is 1. The maximum Gasteiger partial charge on any atom is 0.251 e. The van der Waals surface area contributed by atoms with E-state index in [1.165, 1.54) is 25.0 Å². The number of anilines is 1. The first-order valence-corrected chi connectivity index (χ1v) is 5.24. The van der Waals surface area contributed by atoms with Gasteiger partial charge in [0.1, 0.15) is 11.0 Å². The Hall–Kier alpha value is -1.29. The van der Waals surface area contributed by atoms with E-state index in [0.717, 1.165) is 6.54 Å². The SMILES string of the molecule is Nc1cc(C(=O)NCC2CC2)cc(Cl)n1. The molecule has 0 spiro atoms. The summed E-state index contributed by atoms with van der Waals surface area (Å²) in [6.45, 7) is 0.735. The van der Waals surface area contributed by atoms with Gasteiger partial charge in [-0.3, -0.25) is 4.79 Å². The van der Waals surface area contributed by atoms with Crippen molar-refractivity contribution in [2.75, 3.05) is 12.3 Å². The summed E-state index contributed by atoms with van der Waals surface area (Å²) >= 11 is 5.70. The van der Waals surface area contributed by atoms with Crippen LogP contribution >= 0.6 is 11.6 Å². The molecule has 0 radical (unpaired) electrons. The lowest BCUT2D eigenvalue weighted by molar-refractivity contribution is 0.0951. The second-order valence-corrected chi connectivity index (χ2v) is 4.14. The first-order chi connectivity index (χ1) is 7.15. The summed E-state index contributed by atoms with van der Waals surface area (Å²) in [5, 5.41) is 3.08. The van der Waals surface area contributed by atoms with Crippen LogP contribution in [0.3, 0.4) is 0 Å². The number of hydrogen-bond donors (Lipinski definition) is 2. The van der Waals surface area contributed by atoms with E-state index in [9.17, 15) is 4.79 Å². The lowest BCUT2D eigenvalue weighted by atomic mass is 10.2. The summed E-state index contributed by atoms with van der Waals surface area (Å²) in [4.78, 5) is 15.4. The molecule has 80 valence electrons. The molecular weight excluding hydrogens is 214 g/mol. The topological polar surface area (TPSA) is 68.0 Å². The molecule has 0 aliphatic heterocycles. The van der Waals surface area contributed by atoms with Gasteiger partial charge in [0.25, 0.3) is 5.91 Å². The molecule has 1 heterocycles. The molecule has 0 bridgehead atoms. The van der Waals surface area contributed by atoms with Gasteiger partial charge in [-0.05, 0) is 30.9 Å². The molecule has 5 heteroatoms. The number of carbonyl (C=O) groups excluding carboxylic acids is 1. The fraction of sp³-hybridized carbons (Fsp3) is 0.400. The van der Waals surface area contributed by atoms with E-state index in [0.29, 0.717) is 11.5 Å². The van der Waals surface area contributed by atoms with E-state index in [1.807, 2.05) is 0 Å². The Morgan fingerprint density at radius 1 is 1.60 bits per heavy atom. The number of nitrogens with one attached hydrogen (secondary N) is 1. The van der Waals surface area contributed by atoms with E-state index in [2.05, 4.69) is 10.3 Å². The van der Waals surface area contributed by atoms with Crippen molar-refractivity contribution in [1.82, 2.24) is 10.3 Å². The summed E-state index contributed by atoms with van der Waals surface area (Å²) in [6.07, 6.45) is 2.42. The number of nitrogens with two attached hydrogens (primary N) is 1. The molecule has 0 atom stereocenters. The molecule has 1 fully saturated rings. The first-order valence-electron chi connectivity index (χ1n) is 4.86. The van der Waals surface area contributed by atoms with Gasteiger partial charge in [0, 0.05) is 12.1 Å². The Kier molecular flexibility index (Phi) is 2.77. The maximum absolute atomic E-state index is 11.6. The Balaban J connectivity index is 2.02. The number of halogens is 1. The largest absolute Gasteiger partial charge is 0.384 e. The Morgan fingerprint density at radius 3 is 2.93 bits per heavy atom. The van der Waals surface area contributed by atoms with Crippen molar-refractivity contribution in [3.63, 3.8) is 0 Å². The molecule has 1 amide bonds. The number of rotatable bonds is 3. The van der Waals surface area contributed by atoms with Crippen LogP contribution in [-0.4, -0.2) is 17.4 Å². The number of hydrogen-bond acceptors (Lipinski definition) is 3. The van der Waals surface area contributed by atoms with Gasteiger partial charge in [0.15, 0.2) is 0 Å². The third-order valence-corrected chi connectivity index (χ3v) is 2.52. The van der Waals surface area contributed by atoms with Crippen LogP contribution in [0.25, 0.3) is 0 Å².